The first-order valence-corrected chi connectivity index (χ1v) is 30.0. The van der Waals surface area contributed by atoms with Crippen LogP contribution in [0, 0.1) is 0 Å². The number of ether oxygens (including phenoxy) is 6. The van der Waals surface area contributed by atoms with Gasteiger partial charge in [0.2, 0.25) is 0 Å². The fraction of sp³-hybridized carbons (Fsp3) is 0.478. The van der Waals surface area contributed by atoms with Gasteiger partial charge in [0, 0.05) is 19.6 Å². The van der Waals surface area contributed by atoms with Crippen molar-refractivity contribution in [3.8, 4) is 34.5 Å². The van der Waals surface area contributed by atoms with Crippen LogP contribution in [0.3, 0.4) is 0 Å². The lowest BCUT2D eigenvalue weighted by atomic mass is 10.0. The van der Waals surface area contributed by atoms with E-state index < -0.39 is 18.3 Å². The molecular formula is C69H93N3O9. The van der Waals surface area contributed by atoms with Crippen molar-refractivity contribution >= 4 is 0 Å². The lowest BCUT2D eigenvalue weighted by Gasteiger charge is -2.28. The Morgan fingerprint density at radius 3 is 0.815 bits per heavy atom. The summed E-state index contributed by atoms with van der Waals surface area (Å²) in [5.74, 6) is 5.27. The third-order valence-corrected chi connectivity index (χ3v) is 15.5. The summed E-state index contributed by atoms with van der Waals surface area (Å²) in [6.07, 6.45) is 15.6. The number of aryl methyl sites for hydroxylation is 6. The Morgan fingerprint density at radius 2 is 0.568 bits per heavy atom. The Bertz CT molecular complexity index is 2330. The number of benzene rings is 6. The largest absolute Gasteiger partial charge is 0.497 e. The molecule has 0 aromatic heterocycles. The first-order valence-electron chi connectivity index (χ1n) is 30.0. The van der Waals surface area contributed by atoms with Crippen LogP contribution in [0.2, 0.25) is 0 Å². The highest BCUT2D eigenvalue weighted by atomic mass is 16.5. The van der Waals surface area contributed by atoms with Crippen molar-refractivity contribution in [1.29, 1.82) is 0 Å². The van der Waals surface area contributed by atoms with Gasteiger partial charge in [-0.05, 0) is 204 Å². The number of β-amino-alcohol motifs (C(OH)–C–C–N with tert-alkyl or cyclic N) is 3. The number of hydrogen-bond donors (Lipinski definition) is 3. The highest BCUT2D eigenvalue weighted by Crippen LogP contribution is 2.25. The second-order valence-corrected chi connectivity index (χ2v) is 21.8. The van der Waals surface area contributed by atoms with Gasteiger partial charge in [0.05, 0.1) is 21.3 Å². The van der Waals surface area contributed by atoms with Crippen molar-refractivity contribution in [1.82, 2.24) is 14.7 Å². The molecule has 3 fully saturated rings. The Kier molecular flexibility index (Phi) is 27.5. The minimum Gasteiger partial charge on any atom is -0.497 e. The number of methoxy groups -OCH3 is 3. The van der Waals surface area contributed by atoms with Gasteiger partial charge in [0.1, 0.15) is 72.6 Å². The molecule has 9 rings (SSSR count). The van der Waals surface area contributed by atoms with E-state index in [-0.39, 0.29) is 0 Å². The predicted octanol–water partition coefficient (Wildman–Crippen LogP) is 11.1. The van der Waals surface area contributed by atoms with Gasteiger partial charge < -0.3 is 58.4 Å². The van der Waals surface area contributed by atoms with E-state index in [1.807, 2.05) is 91.0 Å². The van der Waals surface area contributed by atoms with Crippen molar-refractivity contribution < 1.29 is 43.7 Å². The van der Waals surface area contributed by atoms with Crippen molar-refractivity contribution in [3.63, 3.8) is 0 Å². The molecule has 0 radical (unpaired) electrons. The minimum atomic E-state index is -0.447. The van der Waals surface area contributed by atoms with Crippen LogP contribution in [0.1, 0.15) is 91.2 Å². The zero-order valence-electron chi connectivity index (χ0n) is 48.8. The monoisotopic (exact) mass is 1110 g/mol. The second-order valence-electron chi connectivity index (χ2n) is 21.8. The third-order valence-electron chi connectivity index (χ3n) is 15.5. The molecule has 1 unspecified atom stereocenters. The van der Waals surface area contributed by atoms with Gasteiger partial charge in [0.15, 0.2) is 0 Å². The van der Waals surface area contributed by atoms with E-state index in [1.165, 1.54) is 91.2 Å². The average molecular weight is 1110 g/mol. The number of rotatable bonds is 27. The van der Waals surface area contributed by atoms with E-state index in [0.717, 1.165) is 112 Å². The first kappa shape index (κ1) is 62.5. The highest BCUT2D eigenvalue weighted by Gasteiger charge is 2.19. The molecule has 0 saturated carbocycles. The molecule has 3 saturated heterocycles. The molecule has 3 heterocycles. The number of aliphatic hydroxyl groups excluding tert-OH is 3. The van der Waals surface area contributed by atoms with E-state index in [4.69, 9.17) is 28.4 Å². The first-order chi connectivity index (χ1) is 39.7. The van der Waals surface area contributed by atoms with Gasteiger partial charge in [-0.15, -0.1) is 0 Å². The Hall–Kier alpha value is -6.12. The van der Waals surface area contributed by atoms with E-state index in [1.54, 1.807) is 21.3 Å². The summed E-state index contributed by atoms with van der Waals surface area (Å²) in [5.41, 5.74) is 7.36. The topological polar surface area (TPSA) is 126 Å². The third kappa shape index (κ3) is 23.0. The van der Waals surface area contributed by atoms with E-state index >= 15 is 0 Å². The molecule has 3 aliphatic rings. The summed E-state index contributed by atoms with van der Waals surface area (Å²) < 4.78 is 33.5. The van der Waals surface area contributed by atoms with Crippen molar-refractivity contribution in [2.24, 2.45) is 0 Å². The van der Waals surface area contributed by atoms with Crippen LogP contribution in [-0.4, -0.2) is 148 Å². The number of aliphatic hydroxyl groups is 3. The normalized spacial score (nSPS) is 16.1. The predicted molar refractivity (Wildman–Crippen MR) is 326 cm³/mol. The van der Waals surface area contributed by atoms with Crippen LogP contribution in [-0.2, 0) is 38.5 Å². The van der Waals surface area contributed by atoms with Crippen LogP contribution in [0.25, 0.3) is 0 Å². The second kappa shape index (κ2) is 35.7. The van der Waals surface area contributed by atoms with Crippen molar-refractivity contribution in [2.45, 2.75) is 115 Å². The van der Waals surface area contributed by atoms with E-state index in [0.29, 0.717) is 39.5 Å². The molecule has 0 amide bonds. The molecule has 3 N–H and O–H groups in total. The summed E-state index contributed by atoms with van der Waals surface area (Å²) in [6, 6.07) is 49.0. The maximum Gasteiger partial charge on any atom is 0.122 e. The Morgan fingerprint density at radius 1 is 0.321 bits per heavy atom. The minimum absolute atomic E-state index is 0.343. The molecule has 3 aliphatic heterocycles. The maximum atomic E-state index is 10.3. The SMILES string of the molecule is COc1ccc(CCc2ccccc2OCC(O)CN2CCCCC2)cc1.COc1ccc(CCc2ccccc2OC[C@@H](O)CN2CCCCC2)cc1.COc1ccc(CCc2ccccc2OC[C@H](O)CN2CCCCC2)cc1. The van der Waals surface area contributed by atoms with Gasteiger partial charge in [-0.25, -0.2) is 0 Å². The van der Waals surface area contributed by atoms with Crippen LogP contribution in [0.15, 0.2) is 146 Å². The molecule has 6 aromatic rings. The zero-order valence-corrected chi connectivity index (χ0v) is 48.8. The molecule has 12 nitrogen and oxygen atoms in total. The van der Waals surface area contributed by atoms with Gasteiger partial charge >= 0.3 is 0 Å². The summed E-state index contributed by atoms with van der Waals surface area (Å²) in [5, 5.41) is 31.0. The van der Waals surface area contributed by atoms with Crippen molar-refractivity contribution in [3.05, 3.63) is 179 Å². The highest BCUT2D eigenvalue weighted by molar-refractivity contribution is 5.38. The summed E-state index contributed by atoms with van der Waals surface area (Å²) in [4.78, 5) is 7.02. The van der Waals surface area contributed by atoms with Crippen LogP contribution < -0.4 is 28.4 Å². The number of para-hydroxylation sites is 3. The lowest BCUT2D eigenvalue weighted by Crippen LogP contribution is -2.38. The number of nitrogens with zero attached hydrogens (tertiary/aromatic N) is 3. The summed E-state index contributed by atoms with van der Waals surface area (Å²) >= 11 is 0. The number of piperidine rings is 3. The molecule has 0 bridgehead atoms. The summed E-state index contributed by atoms with van der Waals surface area (Å²) in [7, 11) is 5.05. The molecule has 81 heavy (non-hydrogen) atoms. The van der Waals surface area contributed by atoms with E-state index in [9.17, 15) is 15.3 Å². The Balaban J connectivity index is 0.000000175. The number of likely N-dealkylation sites (tertiary alicyclic amines) is 3. The molecule has 6 aromatic carbocycles. The lowest BCUT2D eigenvalue weighted by molar-refractivity contribution is 0.0613. The molecule has 438 valence electrons. The molecular weight excluding hydrogens is 1010 g/mol. The smallest absolute Gasteiger partial charge is 0.122 e. The fourth-order valence-corrected chi connectivity index (χ4v) is 10.8. The van der Waals surface area contributed by atoms with Crippen LogP contribution in [0.4, 0.5) is 0 Å². The molecule has 0 spiro atoms. The Labute approximate surface area is 484 Å². The van der Waals surface area contributed by atoms with E-state index in [2.05, 4.69) is 69.3 Å². The quantitative estimate of drug-likeness (QED) is 0.0455. The van der Waals surface area contributed by atoms with Crippen molar-refractivity contribution in [2.75, 3.05) is 100 Å². The van der Waals surface area contributed by atoms with Crippen LogP contribution in [0.5, 0.6) is 34.5 Å². The summed E-state index contributed by atoms with van der Waals surface area (Å²) in [6.45, 7) is 9.69. The van der Waals surface area contributed by atoms with Gasteiger partial charge in [-0.2, -0.15) is 0 Å². The molecule has 12 heteroatoms. The fourth-order valence-electron chi connectivity index (χ4n) is 10.8. The maximum absolute atomic E-state index is 10.3. The number of hydrogen-bond acceptors (Lipinski definition) is 12. The van der Waals surface area contributed by atoms with Gasteiger partial charge in [-0.3, -0.25) is 0 Å². The standard InChI is InChI=1S/3C23H31NO3/c3*1-26-22-13-10-19(11-14-22)9-12-20-7-3-4-8-23(20)27-18-21(25)17-24-15-5-2-6-16-24/h3*3-4,7-8,10-11,13-14,21,25H,2,5-6,9,12,15-18H2,1H3/t2*21-;/m10./s1. The molecule has 3 atom stereocenters. The zero-order chi connectivity index (χ0) is 56.7. The van der Waals surface area contributed by atoms with Gasteiger partial charge in [0.25, 0.3) is 0 Å². The van der Waals surface area contributed by atoms with Gasteiger partial charge in [-0.1, -0.05) is 110 Å². The van der Waals surface area contributed by atoms with Crippen LogP contribution >= 0.6 is 0 Å². The average Bonchev–Trinajstić information content (AvgIpc) is 3.52. The molecule has 0 aliphatic carbocycles.